The van der Waals surface area contributed by atoms with Crippen molar-refractivity contribution in [1.82, 2.24) is 0 Å². The van der Waals surface area contributed by atoms with E-state index in [0.29, 0.717) is 12.2 Å². The number of benzene rings is 1. The first kappa shape index (κ1) is 12.2. The number of ether oxygens (including phenoxy) is 2. The van der Waals surface area contributed by atoms with Crippen molar-refractivity contribution < 1.29 is 19.1 Å². The maximum Gasteiger partial charge on any atom is 0.308 e. The van der Waals surface area contributed by atoms with Crippen molar-refractivity contribution in [3.63, 3.8) is 0 Å². The Bertz CT molecular complexity index is 384. The molecule has 0 saturated heterocycles. The van der Waals surface area contributed by atoms with Crippen LogP contribution in [0.3, 0.4) is 0 Å². The van der Waals surface area contributed by atoms with Crippen molar-refractivity contribution >= 4 is 11.9 Å². The number of carbonyl (C=O) groups excluding carboxylic acids is 2. The molecule has 0 aliphatic heterocycles. The molecule has 0 amide bonds. The van der Waals surface area contributed by atoms with Gasteiger partial charge in [0.05, 0.1) is 6.61 Å². The summed E-state index contributed by atoms with van der Waals surface area (Å²) in [5.41, 5.74) is 0.846. The molecule has 0 radical (unpaired) electrons. The monoisotopic (exact) mass is 222 g/mol. The van der Waals surface area contributed by atoms with Crippen molar-refractivity contribution in [3.05, 3.63) is 29.8 Å². The van der Waals surface area contributed by atoms with Gasteiger partial charge >= 0.3 is 11.9 Å². The van der Waals surface area contributed by atoms with Gasteiger partial charge in [-0.1, -0.05) is 18.2 Å². The highest BCUT2D eigenvalue weighted by atomic mass is 16.5. The van der Waals surface area contributed by atoms with Crippen LogP contribution in [0.4, 0.5) is 0 Å². The molecule has 0 spiro atoms. The molecule has 16 heavy (non-hydrogen) atoms. The largest absolute Gasteiger partial charge is 0.466 e. The van der Waals surface area contributed by atoms with E-state index in [1.807, 2.05) is 12.1 Å². The van der Waals surface area contributed by atoms with Crippen LogP contribution in [-0.2, 0) is 20.7 Å². The van der Waals surface area contributed by atoms with Crippen LogP contribution < -0.4 is 4.74 Å². The molecule has 0 N–H and O–H groups in total. The fraction of sp³-hybridized carbons (Fsp3) is 0.333. The lowest BCUT2D eigenvalue weighted by molar-refractivity contribution is -0.141. The standard InChI is InChI=1S/C12H14O4/c1-9(13)15-8-7-11-5-3-4-6-12(11)16-10(2)14/h3-6H,7-8H2,1-2H3. The lowest BCUT2D eigenvalue weighted by Gasteiger charge is -2.08. The maximum atomic E-state index is 10.8. The summed E-state index contributed by atoms with van der Waals surface area (Å²) in [6.45, 7) is 2.99. The average molecular weight is 222 g/mol. The number of rotatable bonds is 4. The fourth-order valence-corrected chi connectivity index (χ4v) is 1.27. The van der Waals surface area contributed by atoms with Crippen LogP contribution in [0, 0.1) is 0 Å². The molecule has 0 aliphatic rings. The lowest BCUT2D eigenvalue weighted by atomic mass is 10.1. The molecule has 0 heterocycles. The molecule has 4 nitrogen and oxygen atoms in total. The molecular weight excluding hydrogens is 208 g/mol. The molecule has 86 valence electrons. The first-order valence-electron chi connectivity index (χ1n) is 4.99. The number of esters is 2. The molecule has 0 aliphatic carbocycles. The van der Waals surface area contributed by atoms with Gasteiger partial charge in [0.2, 0.25) is 0 Å². The summed E-state index contributed by atoms with van der Waals surface area (Å²) >= 11 is 0. The molecule has 1 rings (SSSR count). The van der Waals surface area contributed by atoms with Crippen LogP contribution >= 0.6 is 0 Å². The van der Waals surface area contributed by atoms with Gasteiger partial charge in [-0.15, -0.1) is 0 Å². The summed E-state index contributed by atoms with van der Waals surface area (Å²) in [7, 11) is 0. The van der Waals surface area contributed by atoms with Crippen LogP contribution in [0.2, 0.25) is 0 Å². The predicted molar refractivity (Wildman–Crippen MR) is 58.1 cm³/mol. The summed E-state index contributed by atoms with van der Waals surface area (Å²) in [6.07, 6.45) is 0.531. The van der Waals surface area contributed by atoms with E-state index in [1.54, 1.807) is 12.1 Å². The minimum absolute atomic E-state index is 0.285. The number of carbonyl (C=O) groups is 2. The second-order valence-electron chi connectivity index (χ2n) is 3.29. The van der Waals surface area contributed by atoms with Crippen LogP contribution in [-0.4, -0.2) is 18.5 Å². The summed E-state index contributed by atoms with van der Waals surface area (Å²) in [6, 6.07) is 7.18. The molecule has 1 aromatic rings. The van der Waals surface area contributed by atoms with Crippen molar-refractivity contribution in [3.8, 4) is 5.75 Å². The van der Waals surface area contributed by atoms with E-state index in [2.05, 4.69) is 0 Å². The maximum absolute atomic E-state index is 10.8. The second-order valence-corrected chi connectivity index (χ2v) is 3.29. The van der Waals surface area contributed by atoms with Gasteiger partial charge in [-0.25, -0.2) is 0 Å². The molecule has 0 fully saturated rings. The summed E-state index contributed by atoms with van der Waals surface area (Å²) in [5, 5.41) is 0. The van der Waals surface area contributed by atoms with Crippen molar-refractivity contribution in [2.24, 2.45) is 0 Å². The molecule has 1 aromatic carbocycles. The van der Waals surface area contributed by atoms with E-state index in [4.69, 9.17) is 9.47 Å². The highest BCUT2D eigenvalue weighted by Gasteiger charge is 2.05. The Morgan fingerprint density at radius 1 is 1.12 bits per heavy atom. The van der Waals surface area contributed by atoms with E-state index in [9.17, 15) is 9.59 Å². The first-order chi connectivity index (χ1) is 7.59. The highest BCUT2D eigenvalue weighted by Crippen LogP contribution is 2.18. The minimum Gasteiger partial charge on any atom is -0.466 e. The van der Waals surface area contributed by atoms with Gasteiger partial charge < -0.3 is 9.47 Å². The zero-order valence-electron chi connectivity index (χ0n) is 9.36. The minimum atomic E-state index is -0.361. The Balaban J connectivity index is 2.63. The van der Waals surface area contributed by atoms with Gasteiger partial charge in [0.25, 0.3) is 0 Å². The normalized spacial score (nSPS) is 9.62. The molecule has 0 atom stereocenters. The summed E-state index contributed by atoms with van der Waals surface area (Å²) in [5.74, 6) is -0.160. The van der Waals surface area contributed by atoms with Gasteiger partial charge in [0, 0.05) is 20.3 Å². The van der Waals surface area contributed by atoms with E-state index in [0.717, 1.165) is 5.56 Å². The topological polar surface area (TPSA) is 52.6 Å². The fourth-order valence-electron chi connectivity index (χ4n) is 1.27. The van der Waals surface area contributed by atoms with Crippen molar-refractivity contribution in [2.45, 2.75) is 20.3 Å². The third-order valence-corrected chi connectivity index (χ3v) is 1.90. The number of hydrogen-bond donors (Lipinski definition) is 0. The van der Waals surface area contributed by atoms with Crippen LogP contribution in [0.1, 0.15) is 19.4 Å². The Labute approximate surface area is 94.2 Å². The van der Waals surface area contributed by atoms with Gasteiger partial charge in [0.1, 0.15) is 5.75 Å². The molecule has 0 unspecified atom stereocenters. The smallest absolute Gasteiger partial charge is 0.308 e. The number of hydrogen-bond acceptors (Lipinski definition) is 4. The first-order valence-corrected chi connectivity index (χ1v) is 4.99. The highest BCUT2D eigenvalue weighted by molar-refractivity contribution is 5.69. The Morgan fingerprint density at radius 3 is 2.44 bits per heavy atom. The van der Waals surface area contributed by atoms with E-state index in [1.165, 1.54) is 13.8 Å². The van der Waals surface area contributed by atoms with Crippen molar-refractivity contribution in [1.29, 1.82) is 0 Å². The predicted octanol–water partition coefficient (Wildman–Crippen LogP) is 1.72. The molecular formula is C12H14O4. The molecule has 0 saturated carbocycles. The molecule has 0 bridgehead atoms. The quantitative estimate of drug-likeness (QED) is 0.575. The third-order valence-electron chi connectivity index (χ3n) is 1.90. The summed E-state index contributed by atoms with van der Waals surface area (Å²) in [4.78, 5) is 21.4. The molecule has 0 aromatic heterocycles. The van der Waals surface area contributed by atoms with E-state index in [-0.39, 0.29) is 18.5 Å². The Morgan fingerprint density at radius 2 is 1.81 bits per heavy atom. The molecule has 4 heteroatoms. The average Bonchev–Trinajstić information content (AvgIpc) is 2.19. The Kier molecular flexibility index (Phi) is 4.51. The summed E-state index contributed by atoms with van der Waals surface area (Å²) < 4.78 is 9.85. The van der Waals surface area contributed by atoms with Crippen molar-refractivity contribution in [2.75, 3.05) is 6.61 Å². The van der Waals surface area contributed by atoms with E-state index < -0.39 is 0 Å². The van der Waals surface area contributed by atoms with Crippen LogP contribution in [0.15, 0.2) is 24.3 Å². The van der Waals surface area contributed by atoms with Gasteiger partial charge in [-0.3, -0.25) is 9.59 Å². The van der Waals surface area contributed by atoms with Crippen LogP contribution in [0.5, 0.6) is 5.75 Å². The van der Waals surface area contributed by atoms with Crippen LogP contribution in [0.25, 0.3) is 0 Å². The zero-order valence-corrected chi connectivity index (χ0v) is 9.36. The Hall–Kier alpha value is -1.84. The number of para-hydroxylation sites is 1. The zero-order chi connectivity index (χ0) is 12.0. The SMILES string of the molecule is CC(=O)OCCc1ccccc1OC(C)=O. The van der Waals surface area contributed by atoms with E-state index >= 15 is 0 Å². The van der Waals surface area contributed by atoms with Gasteiger partial charge in [-0.2, -0.15) is 0 Å². The van der Waals surface area contributed by atoms with Gasteiger partial charge in [0.15, 0.2) is 0 Å². The lowest BCUT2D eigenvalue weighted by Crippen LogP contribution is -2.07. The third kappa shape index (κ3) is 4.13. The second kappa shape index (κ2) is 5.90. The van der Waals surface area contributed by atoms with Gasteiger partial charge in [-0.05, 0) is 11.6 Å².